The van der Waals surface area contributed by atoms with Gasteiger partial charge in [-0.3, -0.25) is 4.68 Å². The molecule has 0 aliphatic heterocycles. The van der Waals surface area contributed by atoms with Crippen molar-refractivity contribution in [3.8, 4) is 0 Å². The van der Waals surface area contributed by atoms with Crippen molar-refractivity contribution in [3.05, 3.63) is 18.0 Å². The summed E-state index contributed by atoms with van der Waals surface area (Å²) in [6, 6.07) is 2.05. The van der Waals surface area contributed by atoms with E-state index in [0.717, 1.165) is 32.5 Å². The van der Waals surface area contributed by atoms with Crippen molar-refractivity contribution < 1.29 is 5.11 Å². The van der Waals surface area contributed by atoms with Crippen LogP contribution in [0.15, 0.2) is 12.3 Å². The first kappa shape index (κ1) is 12.6. The summed E-state index contributed by atoms with van der Waals surface area (Å²) in [6.07, 6.45) is 6.31. The molecular formula is C13H23N3O. The molecule has 0 radical (unpaired) electrons. The van der Waals surface area contributed by atoms with Crippen molar-refractivity contribution in [1.29, 1.82) is 0 Å². The Bertz CT molecular complexity index is 337. The standard InChI is InChI=1S/C13H23N3O/c1-2-16-12(7-8-15-16)10-14-9-11-5-3-4-6-13(11)17/h7-8,11,13-14,17H,2-6,9-10H2,1H3. The van der Waals surface area contributed by atoms with Gasteiger partial charge >= 0.3 is 0 Å². The third-order valence-corrected chi connectivity index (χ3v) is 3.69. The van der Waals surface area contributed by atoms with Gasteiger partial charge < -0.3 is 10.4 Å². The van der Waals surface area contributed by atoms with E-state index in [0.29, 0.717) is 5.92 Å². The van der Waals surface area contributed by atoms with Gasteiger partial charge in [-0.25, -0.2) is 0 Å². The number of rotatable bonds is 5. The molecule has 4 nitrogen and oxygen atoms in total. The van der Waals surface area contributed by atoms with Crippen LogP contribution in [0.2, 0.25) is 0 Å². The molecule has 96 valence electrons. The average molecular weight is 237 g/mol. The lowest BCUT2D eigenvalue weighted by atomic mass is 9.86. The topological polar surface area (TPSA) is 50.1 Å². The Hall–Kier alpha value is -0.870. The van der Waals surface area contributed by atoms with Gasteiger partial charge in [-0.1, -0.05) is 12.8 Å². The van der Waals surface area contributed by atoms with Crippen molar-refractivity contribution in [2.45, 2.75) is 51.8 Å². The van der Waals surface area contributed by atoms with Gasteiger partial charge in [-0.15, -0.1) is 0 Å². The number of aliphatic hydroxyl groups excluding tert-OH is 1. The second kappa shape index (κ2) is 6.17. The van der Waals surface area contributed by atoms with Crippen LogP contribution in [0, 0.1) is 5.92 Å². The second-order valence-electron chi connectivity index (χ2n) is 4.88. The van der Waals surface area contributed by atoms with E-state index in [-0.39, 0.29) is 6.10 Å². The van der Waals surface area contributed by atoms with Crippen LogP contribution in [0.5, 0.6) is 0 Å². The molecule has 2 N–H and O–H groups in total. The summed E-state index contributed by atoms with van der Waals surface area (Å²) in [7, 11) is 0. The van der Waals surface area contributed by atoms with Gasteiger partial charge in [0.1, 0.15) is 0 Å². The molecule has 0 amide bonds. The maximum absolute atomic E-state index is 9.87. The smallest absolute Gasteiger partial charge is 0.0580 e. The summed E-state index contributed by atoms with van der Waals surface area (Å²) in [5, 5.41) is 17.6. The summed E-state index contributed by atoms with van der Waals surface area (Å²) in [4.78, 5) is 0. The molecule has 1 aromatic heterocycles. The molecule has 0 saturated heterocycles. The van der Waals surface area contributed by atoms with Gasteiger partial charge in [-0.2, -0.15) is 5.10 Å². The van der Waals surface area contributed by atoms with Crippen LogP contribution in [0.3, 0.4) is 0 Å². The Kier molecular flexibility index (Phi) is 4.57. The Balaban J connectivity index is 1.75. The fraction of sp³-hybridized carbons (Fsp3) is 0.769. The zero-order valence-corrected chi connectivity index (χ0v) is 10.6. The maximum Gasteiger partial charge on any atom is 0.0580 e. The van der Waals surface area contributed by atoms with Crippen molar-refractivity contribution in [2.75, 3.05) is 6.54 Å². The number of nitrogens with zero attached hydrogens (tertiary/aromatic N) is 2. The summed E-state index contributed by atoms with van der Waals surface area (Å²) in [5.74, 6) is 0.432. The molecule has 1 aliphatic carbocycles. The first-order chi connectivity index (χ1) is 8.31. The van der Waals surface area contributed by atoms with E-state index < -0.39 is 0 Å². The fourth-order valence-electron chi connectivity index (χ4n) is 2.61. The number of aryl methyl sites for hydroxylation is 1. The highest BCUT2D eigenvalue weighted by molar-refractivity contribution is 4.99. The third kappa shape index (κ3) is 3.30. The lowest BCUT2D eigenvalue weighted by Crippen LogP contribution is -2.33. The molecule has 2 unspecified atom stereocenters. The number of aromatic nitrogens is 2. The Labute approximate surface area is 103 Å². The molecule has 1 fully saturated rings. The lowest BCUT2D eigenvalue weighted by molar-refractivity contribution is 0.0694. The second-order valence-corrected chi connectivity index (χ2v) is 4.88. The van der Waals surface area contributed by atoms with E-state index in [1.807, 2.05) is 16.9 Å². The minimum absolute atomic E-state index is 0.104. The van der Waals surface area contributed by atoms with Crippen molar-refractivity contribution >= 4 is 0 Å². The van der Waals surface area contributed by atoms with E-state index in [1.54, 1.807) is 0 Å². The largest absolute Gasteiger partial charge is 0.393 e. The average Bonchev–Trinajstić information content (AvgIpc) is 2.79. The molecule has 4 heteroatoms. The SMILES string of the molecule is CCn1nccc1CNCC1CCCCC1O. The van der Waals surface area contributed by atoms with Crippen LogP contribution in [-0.4, -0.2) is 27.5 Å². The molecule has 1 aromatic rings. The zero-order chi connectivity index (χ0) is 12.1. The van der Waals surface area contributed by atoms with Gasteiger partial charge in [0, 0.05) is 25.8 Å². The van der Waals surface area contributed by atoms with Gasteiger partial charge in [0.25, 0.3) is 0 Å². The molecule has 0 aromatic carbocycles. The van der Waals surface area contributed by atoms with Crippen molar-refractivity contribution in [1.82, 2.24) is 15.1 Å². The first-order valence-corrected chi connectivity index (χ1v) is 6.70. The molecule has 1 saturated carbocycles. The highest BCUT2D eigenvalue weighted by Gasteiger charge is 2.22. The van der Waals surface area contributed by atoms with Gasteiger partial charge in [0.2, 0.25) is 0 Å². The van der Waals surface area contributed by atoms with Crippen molar-refractivity contribution in [2.24, 2.45) is 5.92 Å². The highest BCUT2D eigenvalue weighted by atomic mass is 16.3. The quantitative estimate of drug-likeness (QED) is 0.817. The summed E-state index contributed by atoms with van der Waals surface area (Å²) < 4.78 is 2.00. The van der Waals surface area contributed by atoms with E-state index in [1.165, 1.54) is 18.5 Å². The molecule has 2 atom stereocenters. The molecule has 2 rings (SSSR count). The van der Waals surface area contributed by atoms with E-state index in [4.69, 9.17) is 0 Å². The first-order valence-electron chi connectivity index (χ1n) is 6.70. The Morgan fingerprint density at radius 2 is 2.29 bits per heavy atom. The molecule has 1 heterocycles. The third-order valence-electron chi connectivity index (χ3n) is 3.69. The Morgan fingerprint density at radius 3 is 3.06 bits per heavy atom. The Morgan fingerprint density at radius 1 is 1.47 bits per heavy atom. The predicted molar refractivity (Wildman–Crippen MR) is 67.6 cm³/mol. The van der Waals surface area contributed by atoms with Gasteiger partial charge in [-0.05, 0) is 31.7 Å². The zero-order valence-electron chi connectivity index (χ0n) is 10.6. The van der Waals surface area contributed by atoms with E-state index >= 15 is 0 Å². The lowest BCUT2D eigenvalue weighted by Gasteiger charge is -2.27. The maximum atomic E-state index is 9.87. The summed E-state index contributed by atoms with van der Waals surface area (Å²) in [6.45, 7) is 4.77. The van der Waals surface area contributed by atoms with Crippen LogP contribution in [0.25, 0.3) is 0 Å². The minimum Gasteiger partial charge on any atom is -0.393 e. The number of hydrogen-bond donors (Lipinski definition) is 2. The van der Waals surface area contributed by atoms with Crippen LogP contribution in [0.4, 0.5) is 0 Å². The summed E-state index contributed by atoms with van der Waals surface area (Å²) in [5.41, 5.74) is 1.22. The number of aliphatic hydroxyl groups is 1. The molecule has 0 spiro atoms. The normalized spacial score (nSPS) is 25.1. The molecule has 1 aliphatic rings. The monoisotopic (exact) mass is 237 g/mol. The van der Waals surface area contributed by atoms with E-state index in [9.17, 15) is 5.11 Å². The van der Waals surface area contributed by atoms with Crippen LogP contribution in [-0.2, 0) is 13.1 Å². The number of hydrogen-bond acceptors (Lipinski definition) is 3. The van der Waals surface area contributed by atoms with Crippen LogP contribution < -0.4 is 5.32 Å². The van der Waals surface area contributed by atoms with Gasteiger partial charge in [0.15, 0.2) is 0 Å². The molecular weight excluding hydrogens is 214 g/mol. The molecule has 17 heavy (non-hydrogen) atoms. The minimum atomic E-state index is -0.104. The molecule has 0 bridgehead atoms. The number of nitrogens with one attached hydrogen (secondary N) is 1. The predicted octanol–water partition coefficient (Wildman–Crippen LogP) is 1.54. The van der Waals surface area contributed by atoms with Crippen LogP contribution in [0.1, 0.15) is 38.3 Å². The summed E-state index contributed by atoms with van der Waals surface area (Å²) >= 11 is 0. The van der Waals surface area contributed by atoms with Gasteiger partial charge in [0.05, 0.1) is 11.8 Å². The highest BCUT2D eigenvalue weighted by Crippen LogP contribution is 2.23. The fourth-order valence-corrected chi connectivity index (χ4v) is 2.61. The van der Waals surface area contributed by atoms with E-state index in [2.05, 4.69) is 17.3 Å². The van der Waals surface area contributed by atoms with Crippen LogP contribution >= 0.6 is 0 Å². The van der Waals surface area contributed by atoms with Crippen molar-refractivity contribution in [3.63, 3.8) is 0 Å².